The van der Waals surface area contributed by atoms with Gasteiger partial charge in [-0.1, -0.05) is 42.0 Å². The zero-order chi connectivity index (χ0) is 26.0. The van der Waals surface area contributed by atoms with E-state index in [2.05, 4.69) is 48.9 Å². The molecule has 6 heteroatoms. The van der Waals surface area contributed by atoms with Crippen molar-refractivity contribution in [3.05, 3.63) is 89.6 Å². The van der Waals surface area contributed by atoms with Gasteiger partial charge in [0.25, 0.3) is 0 Å². The number of anilines is 1. The fourth-order valence-electron chi connectivity index (χ4n) is 4.06. The summed E-state index contributed by atoms with van der Waals surface area (Å²) in [7, 11) is 0. The van der Waals surface area contributed by atoms with E-state index in [1.165, 1.54) is 22.1 Å². The largest absolute Gasteiger partial charge is 0.508 e. The highest BCUT2D eigenvalue weighted by atomic mass is 16.5. The topological polar surface area (TPSA) is 64.1 Å². The van der Waals surface area contributed by atoms with Gasteiger partial charge < -0.3 is 24.2 Å². The molecule has 3 heterocycles. The van der Waals surface area contributed by atoms with Gasteiger partial charge in [-0.2, -0.15) is 0 Å². The van der Waals surface area contributed by atoms with Gasteiger partial charge in [0.15, 0.2) is 11.5 Å². The summed E-state index contributed by atoms with van der Waals surface area (Å²) in [6.07, 6.45) is 2.87. The molecule has 0 atom stereocenters. The summed E-state index contributed by atoms with van der Waals surface area (Å²) in [4.78, 5) is 6.63. The molecule has 6 rings (SSSR count). The third-order valence-corrected chi connectivity index (χ3v) is 6.11. The Labute approximate surface area is 219 Å². The number of morpholine rings is 1. The van der Waals surface area contributed by atoms with Crippen LogP contribution in [0, 0.1) is 20.8 Å². The molecular formula is C31H36N2O4. The lowest BCUT2D eigenvalue weighted by Gasteiger charge is -2.27. The lowest BCUT2D eigenvalue weighted by Crippen LogP contribution is -2.36. The summed E-state index contributed by atoms with van der Waals surface area (Å²) in [6.45, 7) is 11.2. The van der Waals surface area contributed by atoms with Crippen LogP contribution >= 0.6 is 0 Å². The van der Waals surface area contributed by atoms with Crippen molar-refractivity contribution in [2.75, 3.05) is 44.4 Å². The minimum atomic E-state index is 0.325. The normalized spacial score (nSPS) is 14.5. The average molecular weight is 501 g/mol. The van der Waals surface area contributed by atoms with Gasteiger partial charge in [-0.25, -0.2) is 4.98 Å². The molecular weight excluding hydrogens is 464 g/mol. The molecule has 0 unspecified atom stereocenters. The lowest BCUT2D eigenvalue weighted by molar-refractivity contribution is 0.122. The first-order valence-electron chi connectivity index (χ1n) is 12.8. The second-order valence-electron chi connectivity index (χ2n) is 9.33. The Morgan fingerprint density at radius 1 is 0.676 bits per heavy atom. The van der Waals surface area contributed by atoms with E-state index in [1.54, 1.807) is 12.1 Å². The summed E-state index contributed by atoms with van der Waals surface area (Å²) < 4.78 is 16.3. The van der Waals surface area contributed by atoms with Crippen LogP contribution in [0.5, 0.6) is 17.2 Å². The maximum absolute atomic E-state index is 9.20. The number of aryl methyl sites for hydroxylation is 3. The SMILES string of the molecule is Cc1ccc(N2CCOCC2)nc1.Cc1ccc2c(c1)OCCCO2.Cc1ccc2cc(O)ccc2c1. The summed E-state index contributed by atoms with van der Waals surface area (Å²) in [6, 6.07) is 21.8. The smallest absolute Gasteiger partial charge is 0.161 e. The molecule has 0 amide bonds. The average Bonchev–Trinajstić information content (AvgIpc) is 3.16. The number of hydrogen-bond acceptors (Lipinski definition) is 6. The maximum atomic E-state index is 9.20. The first kappa shape index (κ1) is 26.3. The molecule has 1 aromatic heterocycles. The third-order valence-electron chi connectivity index (χ3n) is 6.11. The van der Waals surface area contributed by atoms with Gasteiger partial charge in [0.05, 0.1) is 26.4 Å². The Morgan fingerprint density at radius 3 is 2.08 bits per heavy atom. The first-order chi connectivity index (χ1) is 18.0. The molecule has 4 aromatic rings. The molecule has 0 radical (unpaired) electrons. The highest BCUT2D eigenvalue weighted by molar-refractivity contribution is 5.84. The second kappa shape index (κ2) is 13.0. The zero-order valence-electron chi connectivity index (χ0n) is 21.9. The minimum absolute atomic E-state index is 0.325. The molecule has 1 N–H and O–H groups in total. The number of hydrogen-bond donors (Lipinski definition) is 1. The highest BCUT2D eigenvalue weighted by Crippen LogP contribution is 2.29. The van der Waals surface area contributed by atoms with Crippen LogP contribution in [0.25, 0.3) is 10.8 Å². The fourth-order valence-corrected chi connectivity index (χ4v) is 4.06. The van der Waals surface area contributed by atoms with Crippen molar-refractivity contribution in [2.45, 2.75) is 27.2 Å². The standard InChI is InChI=1S/C11H10O.C10H14N2O.C10H12O2/c1-8-2-3-10-7-11(12)5-4-9(10)6-8;1-9-2-3-10(11-8-9)12-4-6-13-7-5-12;1-8-3-4-9-10(7-8)12-6-2-5-11-9/h2-7,12H,1H3;2-3,8H,4-7H2,1H3;3-4,7H,2,5-6H2,1H3. The number of rotatable bonds is 1. The van der Waals surface area contributed by atoms with E-state index < -0.39 is 0 Å². The summed E-state index contributed by atoms with van der Waals surface area (Å²) in [5, 5.41) is 11.5. The first-order valence-corrected chi connectivity index (χ1v) is 12.8. The quantitative estimate of drug-likeness (QED) is 0.334. The molecule has 0 spiro atoms. The summed E-state index contributed by atoms with van der Waals surface area (Å²) >= 11 is 0. The van der Waals surface area contributed by atoms with Crippen LogP contribution < -0.4 is 14.4 Å². The number of phenolic OH excluding ortho intramolecular Hbond substituents is 1. The van der Waals surface area contributed by atoms with Gasteiger partial charge in [0, 0.05) is 25.7 Å². The number of nitrogens with zero attached hydrogens (tertiary/aromatic N) is 2. The summed E-state index contributed by atoms with van der Waals surface area (Å²) in [5.41, 5.74) is 3.66. The van der Waals surface area contributed by atoms with E-state index in [1.807, 2.05) is 42.6 Å². The van der Waals surface area contributed by atoms with E-state index >= 15 is 0 Å². The molecule has 1 fully saturated rings. The number of fused-ring (bicyclic) bond motifs is 2. The molecule has 194 valence electrons. The Hall–Kier alpha value is -3.77. The van der Waals surface area contributed by atoms with Crippen LogP contribution in [0.3, 0.4) is 0 Å². The van der Waals surface area contributed by atoms with Crippen LogP contribution in [-0.2, 0) is 4.74 Å². The lowest BCUT2D eigenvalue weighted by atomic mass is 10.1. The van der Waals surface area contributed by atoms with Crippen molar-refractivity contribution in [3.63, 3.8) is 0 Å². The van der Waals surface area contributed by atoms with Crippen LogP contribution in [0.15, 0.2) is 72.9 Å². The molecule has 0 aliphatic carbocycles. The molecule has 3 aromatic carbocycles. The van der Waals surface area contributed by atoms with Gasteiger partial charge in [-0.15, -0.1) is 0 Å². The predicted molar refractivity (Wildman–Crippen MR) is 149 cm³/mol. The number of aromatic hydroxyl groups is 1. The molecule has 2 aliphatic heterocycles. The van der Waals surface area contributed by atoms with Crippen molar-refractivity contribution in [1.29, 1.82) is 0 Å². The molecule has 0 bridgehead atoms. The van der Waals surface area contributed by atoms with Crippen LogP contribution in [-0.4, -0.2) is 49.6 Å². The monoisotopic (exact) mass is 500 g/mol. The number of phenols is 1. The number of ether oxygens (including phenoxy) is 3. The highest BCUT2D eigenvalue weighted by Gasteiger charge is 2.11. The summed E-state index contributed by atoms with van der Waals surface area (Å²) in [5.74, 6) is 3.14. The van der Waals surface area contributed by atoms with Gasteiger partial charge in [0.2, 0.25) is 0 Å². The van der Waals surface area contributed by atoms with E-state index in [-0.39, 0.29) is 0 Å². The van der Waals surface area contributed by atoms with Crippen molar-refractivity contribution < 1.29 is 19.3 Å². The maximum Gasteiger partial charge on any atom is 0.161 e. The number of benzene rings is 3. The van der Waals surface area contributed by atoms with Crippen LogP contribution in [0.1, 0.15) is 23.1 Å². The van der Waals surface area contributed by atoms with E-state index in [0.717, 1.165) is 68.6 Å². The molecule has 1 saturated heterocycles. The van der Waals surface area contributed by atoms with Crippen molar-refractivity contribution in [1.82, 2.24) is 4.98 Å². The molecule has 6 nitrogen and oxygen atoms in total. The third kappa shape index (κ3) is 7.86. The van der Waals surface area contributed by atoms with Gasteiger partial charge in [-0.3, -0.25) is 0 Å². The van der Waals surface area contributed by atoms with Gasteiger partial charge in [0.1, 0.15) is 11.6 Å². The van der Waals surface area contributed by atoms with E-state index in [0.29, 0.717) is 5.75 Å². The Balaban J connectivity index is 0.000000130. The fraction of sp³-hybridized carbons (Fsp3) is 0.323. The van der Waals surface area contributed by atoms with Crippen molar-refractivity contribution >= 4 is 16.6 Å². The Bertz CT molecular complexity index is 1240. The zero-order valence-corrected chi connectivity index (χ0v) is 21.9. The van der Waals surface area contributed by atoms with Crippen LogP contribution in [0.2, 0.25) is 0 Å². The van der Waals surface area contributed by atoms with Gasteiger partial charge in [-0.05, 0) is 73.0 Å². The Kier molecular flexibility index (Phi) is 9.22. The molecule has 2 aliphatic rings. The second-order valence-corrected chi connectivity index (χ2v) is 9.33. The van der Waals surface area contributed by atoms with Crippen molar-refractivity contribution in [2.24, 2.45) is 0 Å². The van der Waals surface area contributed by atoms with Crippen LogP contribution in [0.4, 0.5) is 5.82 Å². The molecule has 0 saturated carbocycles. The number of pyridine rings is 1. The van der Waals surface area contributed by atoms with E-state index in [4.69, 9.17) is 14.2 Å². The Morgan fingerprint density at radius 2 is 1.32 bits per heavy atom. The van der Waals surface area contributed by atoms with Crippen molar-refractivity contribution in [3.8, 4) is 17.2 Å². The molecule has 37 heavy (non-hydrogen) atoms. The van der Waals surface area contributed by atoms with E-state index in [9.17, 15) is 5.11 Å². The van der Waals surface area contributed by atoms with Gasteiger partial charge >= 0.3 is 0 Å². The number of aromatic nitrogens is 1. The predicted octanol–water partition coefficient (Wildman–Crippen LogP) is 6.24. The minimum Gasteiger partial charge on any atom is -0.508 e.